The second kappa shape index (κ2) is 16.9. The predicted octanol–water partition coefficient (Wildman–Crippen LogP) is 20.4. The van der Waals surface area contributed by atoms with E-state index >= 15 is 0 Å². The Balaban J connectivity index is 0.730. The highest BCUT2D eigenvalue weighted by atomic mass is 15.2. The second-order valence-electron chi connectivity index (χ2n) is 23.4. The summed E-state index contributed by atoms with van der Waals surface area (Å²) in [6.07, 6.45) is 9.18. The Morgan fingerprint density at radius 2 is 0.726 bits per heavy atom. The molecule has 12 aromatic carbocycles. The summed E-state index contributed by atoms with van der Waals surface area (Å²) in [5.41, 5.74) is 22.8. The molecular formula is C79H51N5. The number of fused-ring (bicyclic) bond motifs is 18. The molecule has 0 amide bonds. The highest BCUT2D eigenvalue weighted by molar-refractivity contribution is 6.24. The molecule has 1 aliphatic carbocycles. The average molecular weight is 1070 g/mol. The lowest BCUT2D eigenvalue weighted by Gasteiger charge is -2.34. The van der Waals surface area contributed by atoms with Gasteiger partial charge in [0.2, 0.25) is 0 Å². The Bertz CT molecular complexity index is 5710. The SMILES string of the molecule is CC12C=CC=CC1N(c1ccccc1)c1ccc(-n3c4ccccc4c4cc(-c5ccc6c7cccc8c9ccc(-c%10ccc%11c(c%10)c%10ccccc%10n%11-c%10ccc%11c(c%10)c%10ccccc%10n%11-c%10ccccc%10)cc9n(c6c5)c78)ccc43)cc12. The summed E-state index contributed by atoms with van der Waals surface area (Å²) < 4.78 is 9.85. The summed E-state index contributed by atoms with van der Waals surface area (Å²) >= 11 is 0. The number of hydrogen-bond acceptors (Lipinski definition) is 1. The Morgan fingerprint density at radius 1 is 0.298 bits per heavy atom. The van der Waals surface area contributed by atoms with Crippen molar-refractivity contribution in [3.63, 3.8) is 0 Å². The third kappa shape index (κ3) is 6.17. The molecule has 5 nitrogen and oxygen atoms in total. The summed E-state index contributed by atoms with van der Waals surface area (Å²) in [4.78, 5) is 2.52. The van der Waals surface area contributed by atoms with Gasteiger partial charge in [0, 0.05) is 87.7 Å². The first-order valence-corrected chi connectivity index (χ1v) is 29.3. The van der Waals surface area contributed by atoms with Gasteiger partial charge in [-0.3, -0.25) is 0 Å². The monoisotopic (exact) mass is 1070 g/mol. The molecule has 0 saturated carbocycles. The lowest BCUT2D eigenvalue weighted by atomic mass is 9.76. The van der Waals surface area contributed by atoms with E-state index in [1.165, 1.54) is 148 Å². The van der Waals surface area contributed by atoms with E-state index in [2.05, 4.69) is 315 Å². The molecule has 19 rings (SSSR count). The van der Waals surface area contributed by atoms with Crippen molar-refractivity contribution in [2.45, 2.75) is 18.4 Å². The fourth-order valence-corrected chi connectivity index (χ4v) is 15.3. The number of allylic oxidation sites excluding steroid dienone is 2. The van der Waals surface area contributed by atoms with Crippen molar-refractivity contribution in [1.29, 1.82) is 0 Å². The molecule has 0 radical (unpaired) electrons. The van der Waals surface area contributed by atoms with Crippen LogP contribution in [0, 0.1) is 0 Å². The van der Waals surface area contributed by atoms with Crippen LogP contribution in [0.1, 0.15) is 12.5 Å². The third-order valence-electron chi connectivity index (χ3n) is 19.1. The maximum Gasteiger partial charge on any atom is 0.0655 e. The molecule has 0 fully saturated rings. The lowest BCUT2D eigenvalue weighted by Crippen LogP contribution is -2.39. The zero-order valence-electron chi connectivity index (χ0n) is 45.9. The van der Waals surface area contributed by atoms with Crippen LogP contribution in [0.2, 0.25) is 0 Å². The minimum absolute atomic E-state index is 0.184. The van der Waals surface area contributed by atoms with Gasteiger partial charge >= 0.3 is 0 Å². The second-order valence-corrected chi connectivity index (χ2v) is 23.4. The Kier molecular flexibility index (Phi) is 9.19. The van der Waals surface area contributed by atoms with Crippen molar-refractivity contribution in [3.8, 4) is 39.3 Å². The van der Waals surface area contributed by atoms with E-state index in [9.17, 15) is 0 Å². The van der Waals surface area contributed by atoms with Gasteiger partial charge in [-0.2, -0.15) is 0 Å². The van der Waals surface area contributed by atoms with Gasteiger partial charge in [-0.1, -0.05) is 170 Å². The van der Waals surface area contributed by atoms with E-state index in [0.29, 0.717) is 0 Å². The van der Waals surface area contributed by atoms with Crippen molar-refractivity contribution in [2.24, 2.45) is 0 Å². The summed E-state index contributed by atoms with van der Waals surface area (Å²) in [5.74, 6) is 0. The summed E-state index contributed by atoms with van der Waals surface area (Å²) in [7, 11) is 0. The van der Waals surface area contributed by atoms with Crippen LogP contribution in [0.15, 0.2) is 285 Å². The summed E-state index contributed by atoms with van der Waals surface area (Å²) in [6.45, 7) is 2.40. The first-order valence-electron chi connectivity index (χ1n) is 29.3. The van der Waals surface area contributed by atoms with Crippen LogP contribution in [-0.4, -0.2) is 24.1 Å². The zero-order valence-corrected chi connectivity index (χ0v) is 45.9. The van der Waals surface area contributed by atoms with Crippen LogP contribution >= 0.6 is 0 Å². The normalized spacial score (nSPS) is 16.0. The van der Waals surface area contributed by atoms with Crippen molar-refractivity contribution >= 4 is 115 Å². The lowest BCUT2D eigenvalue weighted by molar-refractivity contribution is 0.550. The zero-order chi connectivity index (χ0) is 54.9. The number of aromatic nitrogens is 4. The van der Waals surface area contributed by atoms with Gasteiger partial charge in [0.25, 0.3) is 0 Å². The maximum atomic E-state index is 2.54. The molecule has 0 bridgehead atoms. The van der Waals surface area contributed by atoms with Gasteiger partial charge < -0.3 is 23.0 Å². The van der Waals surface area contributed by atoms with E-state index in [0.717, 1.165) is 11.4 Å². The first kappa shape index (κ1) is 45.8. The van der Waals surface area contributed by atoms with Gasteiger partial charge in [-0.25, -0.2) is 0 Å². The molecule has 2 unspecified atom stereocenters. The maximum absolute atomic E-state index is 2.54. The highest BCUT2D eigenvalue weighted by Crippen LogP contribution is 2.53. The molecule has 392 valence electrons. The highest BCUT2D eigenvalue weighted by Gasteiger charge is 2.46. The molecule has 1 aliphatic heterocycles. The molecule has 2 aliphatic rings. The van der Waals surface area contributed by atoms with E-state index in [4.69, 9.17) is 0 Å². The molecule has 5 aromatic heterocycles. The summed E-state index contributed by atoms with van der Waals surface area (Å²) in [5, 5.41) is 12.5. The number of benzene rings is 12. The van der Waals surface area contributed by atoms with E-state index in [1.54, 1.807) is 0 Å². The van der Waals surface area contributed by atoms with Gasteiger partial charge in [0.1, 0.15) is 0 Å². The fraction of sp³-hybridized carbons (Fsp3) is 0.0380. The molecule has 6 heterocycles. The molecule has 17 aromatic rings. The van der Waals surface area contributed by atoms with E-state index < -0.39 is 0 Å². The van der Waals surface area contributed by atoms with Crippen LogP contribution in [0.3, 0.4) is 0 Å². The van der Waals surface area contributed by atoms with Gasteiger partial charge in [-0.05, 0) is 150 Å². The van der Waals surface area contributed by atoms with Crippen molar-refractivity contribution in [1.82, 2.24) is 18.1 Å². The largest absolute Gasteiger partial charge is 0.333 e. The van der Waals surface area contributed by atoms with Crippen molar-refractivity contribution < 1.29 is 0 Å². The van der Waals surface area contributed by atoms with Crippen LogP contribution in [-0.2, 0) is 5.41 Å². The van der Waals surface area contributed by atoms with Crippen molar-refractivity contribution in [3.05, 3.63) is 291 Å². The van der Waals surface area contributed by atoms with Crippen LogP contribution in [0.4, 0.5) is 11.4 Å². The Labute approximate surface area is 483 Å². The van der Waals surface area contributed by atoms with Crippen LogP contribution < -0.4 is 4.90 Å². The van der Waals surface area contributed by atoms with Crippen LogP contribution in [0.25, 0.3) is 143 Å². The minimum Gasteiger partial charge on any atom is -0.333 e. The Morgan fingerprint density at radius 3 is 1.31 bits per heavy atom. The number of para-hydroxylation sites is 6. The molecule has 84 heavy (non-hydrogen) atoms. The molecule has 0 N–H and O–H groups in total. The third-order valence-corrected chi connectivity index (χ3v) is 19.1. The minimum atomic E-state index is -0.184. The summed E-state index contributed by atoms with van der Waals surface area (Å²) in [6, 6.07) is 97.6. The number of nitrogens with zero attached hydrogens (tertiary/aromatic N) is 5. The van der Waals surface area contributed by atoms with Gasteiger partial charge in [-0.15, -0.1) is 0 Å². The first-order chi connectivity index (χ1) is 41.5. The van der Waals surface area contributed by atoms with E-state index in [-0.39, 0.29) is 11.5 Å². The standard InChI is InChI=1S/C79H51N5/c1-79-42-15-14-29-77(79)83(54-19-6-3-7-20-54)74-41-35-56(48-67(74)79)82-70-28-13-9-22-58(70)65-44-50(33-39-72(65)82)52-31-37-61-63-25-16-24-62-60-36-30-51(45-75(60)84(78(62)63)76(61)46-52)49-32-38-71-64(43-49)57-21-8-12-27-69(57)81(71)55-34-40-73-66(47-55)59-23-10-11-26-68(59)80(73)53-17-4-2-5-18-53/h2-48,77H,1H3. The van der Waals surface area contributed by atoms with Crippen molar-refractivity contribution in [2.75, 3.05) is 4.90 Å². The quantitative estimate of drug-likeness (QED) is 0.163. The molecule has 2 atom stereocenters. The fourth-order valence-electron chi connectivity index (χ4n) is 15.3. The van der Waals surface area contributed by atoms with E-state index in [1.807, 2.05) is 0 Å². The molecule has 0 saturated heterocycles. The van der Waals surface area contributed by atoms with Gasteiger partial charge in [0.15, 0.2) is 0 Å². The molecule has 5 heteroatoms. The molecular weight excluding hydrogens is 1020 g/mol. The number of hydrogen-bond donors (Lipinski definition) is 0. The average Bonchev–Trinajstić information content (AvgIpc) is 4.36. The van der Waals surface area contributed by atoms with Gasteiger partial charge in [0.05, 0.1) is 55.7 Å². The predicted molar refractivity (Wildman–Crippen MR) is 353 cm³/mol. The molecule has 0 spiro atoms. The number of rotatable bonds is 6. The topological polar surface area (TPSA) is 22.4 Å². The number of anilines is 2. The Hall–Kier alpha value is -10.9. The smallest absolute Gasteiger partial charge is 0.0655 e. The van der Waals surface area contributed by atoms with Crippen LogP contribution in [0.5, 0.6) is 0 Å².